The first-order chi connectivity index (χ1) is 9.84. The normalized spacial score (nSPS) is 14.4. The second-order valence-corrected chi connectivity index (χ2v) is 5.18. The SMILES string of the molecule is CC1=CC=C(N(c2ccccc2)c2ccccc2)CC1. The van der Waals surface area contributed by atoms with E-state index in [0.29, 0.717) is 0 Å². The number of para-hydroxylation sites is 2. The number of rotatable bonds is 3. The third kappa shape index (κ3) is 2.67. The molecular weight excluding hydrogens is 242 g/mol. The van der Waals surface area contributed by atoms with Crippen LogP contribution >= 0.6 is 0 Å². The van der Waals surface area contributed by atoms with Gasteiger partial charge in [-0.2, -0.15) is 0 Å². The minimum absolute atomic E-state index is 1.09. The lowest BCUT2D eigenvalue weighted by molar-refractivity contribution is 0.875. The molecule has 0 fully saturated rings. The first-order valence-electron chi connectivity index (χ1n) is 7.11. The summed E-state index contributed by atoms with van der Waals surface area (Å²) in [5, 5.41) is 0. The van der Waals surface area contributed by atoms with E-state index in [4.69, 9.17) is 0 Å². The van der Waals surface area contributed by atoms with Gasteiger partial charge in [-0.1, -0.05) is 48.0 Å². The predicted octanol–water partition coefficient (Wildman–Crippen LogP) is 5.45. The molecule has 2 aromatic carbocycles. The molecule has 1 heteroatoms. The molecule has 1 nitrogen and oxygen atoms in total. The molecule has 0 N–H and O–H groups in total. The van der Waals surface area contributed by atoms with E-state index in [1.165, 1.54) is 22.6 Å². The number of allylic oxidation sites excluding steroid dienone is 4. The van der Waals surface area contributed by atoms with Crippen LogP contribution < -0.4 is 4.90 Å². The van der Waals surface area contributed by atoms with Crippen molar-refractivity contribution < 1.29 is 0 Å². The third-order valence-electron chi connectivity index (χ3n) is 3.65. The Kier molecular flexibility index (Phi) is 3.69. The fraction of sp³-hybridized carbons (Fsp3) is 0.158. The van der Waals surface area contributed by atoms with E-state index >= 15 is 0 Å². The summed E-state index contributed by atoms with van der Waals surface area (Å²) in [4.78, 5) is 2.35. The van der Waals surface area contributed by atoms with Crippen LogP contribution in [0.3, 0.4) is 0 Å². The molecular formula is C19H19N. The van der Waals surface area contributed by atoms with E-state index in [1.807, 2.05) is 0 Å². The molecule has 100 valence electrons. The lowest BCUT2D eigenvalue weighted by Gasteiger charge is -2.29. The highest BCUT2D eigenvalue weighted by molar-refractivity contribution is 5.68. The fourth-order valence-corrected chi connectivity index (χ4v) is 2.55. The Labute approximate surface area is 120 Å². The van der Waals surface area contributed by atoms with E-state index < -0.39 is 0 Å². The molecule has 0 heterocycles. The fourth-order valence-electron chi connectivity index (χ4n) is 2.55. The molecule has 0 aliphatic heterocycles. The van der Waals surface area contributed by atoms with Crippen molar-refractivity contribution in [2.24, 2.45) is 0 Å². The van der Waals surface area contributed by atoms with E-state index in [0.717, 1.165) is 12.8 Å². The Morgan fingerprint density at radius 3 is 1.70 bits per heavy atom. The van der Waals surface area contributed by atoms with Gasteiger partial charge < -0.3 is 4.90 Å². The zero-order valence-corrected chi connectivity index (χ0v) is 11.8. The average molecular weight is 261 g/mol. The number of hydrogen-bond donors (Lipinski definition) is 0. The van der Waals surface area contributed by atoms with Crippen LogP contribution in [0.2, 0.25) is 0 Å². The van der Waals surface area contributed by atoms with Gasteiger partial charge in [0.2, 0.25) is 0 Å². The molecule has 0 aromatic heterocycles. The Balaban J connectivity index is 2.05. The minimum atomic E-state index is 1.09. The monoisotopic (exact) mass is 261 g/mol. The smallest absolute Gasteiger partial charge is 0.0458 e. The summed E-state index contributed by atoms with van der Waals surface area (Å²) >= 11 is 0. The summed E-state index contributed by atoms with van der Waals surface area (Å²) in [6.45, 7) is 2.20. The zero-order valence-electron chi connectivity index (χ0n) is 11.8. The standard InChI is InChI=1S/C19H19N/c1-16-12-14-19(15-13-16)20(17-8-4-2-5-9-17)18-10-6-3-7-11-18/h2-12,14H,13,15H2,1H3. The maximum atomic E-state index is 2.35. The van der Waals surface area contributed by atoms with Crippen molar-refractivity contribution in [3.8, 4) is 0 Å². The largest absolute Gasteiger partial charge is 0.314 e. The summed E-state index contributed by atoms with van der Waals surface area (Å²) in [6.07, 6.45) is 6.71. The Hall–Kier alpha value is -2.28. The summed E-state index contributed by atoms with van der Waals surface area (Å²) in [6, 6.07) is 21.2. The van der Waals surface area contributed by atoms with Gasteiger partial charge in [0.25, 0.3) is 0 Å². The van der Waals surface area contributed by atoms with Crippen molar-refractivity contribution in [2.75, 3.05) is 4.90 Å². The summed E-state index contributed by atoms with van der Waals surface area (Å²) in [5.41, 5.74) is 5.25. The molecule has 3 rings (SSSR count). The van der Waals surface area contributed by atoms with Crippen LogP contribution in [0.5, 0.6) is 0 Å². The van der Waals surface area contributed by atoms with E-state index in [2.05, 4.69) is 84.6 Å². The van der Waals surface area contributed by atoms with Crippen LogP contribution in [0.1, 0.15) is 19.8 Å². The highest BCUT2D eigenvalue weighted by atomic mass is 15.1. The van der Waals surface area contributed by atoms with Crippen LogP contribution in [0.25, 0.3) is 0 Å². The van der Waals surface area contributed by atoms with Crippen molar-refractivity contribution in [3.05, 3.63) is 84.1 Å². The predicted molar refractivity (Wildman–Crippen MR) is 86.1 cm³/mol. The summed E-state index contributed by atoms with van der Waals surface area (Å²) < 4.78 is 0. The number of nitrogens with zero attached hydrogens (tertiary/aromatic N) is 1. The molecule has 20 heavy (non-hydrogen) atoms. The Morgan fingerprint density at radius 2 is 1.25 bits per heavy atom. The Bertz CT molecular complexity index is 584. The first kappa shape index (κ1) is 12.7. The summed E-state index contributed by atoms with van der Waals surface area (Å²) in [5.74, 6) is 0. The van der Waals surface area contributed by atoms with Gasteiger partial charge in [0.1, 0.15) is 0 Å². The molecule has 0 atom stereocenters. The second-order valence-electron chi connectivity index (χ2n) is 5.18. The zero-order chi connectivity index (χ0) is 13.8. The van der Waals surface area contributed by atoms with Crippen molar-refractivity contribution in [1.29, 1.82) is 0 Å². The van der Waals surface area contributed by atoms with Gasteiger partial charge in [-0.25, -0.2) is 0 Å². The van der Waals surface area contributed by atoms with Gasteiger partial charge in [-0.05, 0) is 50.1 Å². The molecule has 0 spiro atoms. The van der Waals surface area contributed by atoms with Gasteiger partial charge in [-0.3, -0.25) is 0 Å². The first-order valence-corrected chi connectivity index (χ1v) is 7.11. The van der Waals surface area contributed by atoms with Gasteiger partial charge >= 0.3 is 0 Å². The number of benzene rings is 2. The second kappa shape index (κ2) is 5.79. The molecule has 0 amide bonds. The van der Waals surface area contributed by atoms with Gasteiger partial charge in [-0.15, -0.1) is 0 Å². The van der Waals surface area contributed by atoms with E-state index in [1.54, 1.807) is 0 Å². The Morgan fingerprint density at radius 1 is 0.700 bits per heavy atom. The molecule has 2 aromatic rings. The lowest BCUT2D eigenvalue weighted by Crippen LogP contribution is -2.17. The minimum Gasteiger partial charge on any atom is -0.314 e. The molecule has 1 aliphatic rings. The lowest BCUT2D eigenvalue weighted by atomic mass is 10.0. The molecule has 0 radical (unpaired) electrons. The van der Waals surface area contributed by atoms with Gasteiger partial charge in [0.05, 0.1) is 0 Å². The topological polar surface area (TPSA) is 3.24 Å². The van der Waals surface area contributed by atoms with E-state index in [9.17, 15) is 0 Å². The number of anilines is 2. The quantitative estimate of drug-likeness (QED) is 0.710. The maximum Gasteiger partial charge on any atom is 0.0458 e. The third-order valence-corrected chi connectivity index (χ3v) is 3.65. The molecule has 0 saturated heterocycles. The highest BCUT2D eigenvalue weighted by Gasteiger charge is 2.15. The average Bonchev–Trinajstić information content (AvgIpc) is 2.52. The molecule has 0 bridgehead atoms. The van der Waals surface area contributed by atoms with Crippen molar-refractivity contribution in [1.82, 2.24) is 0 Å². The summed E-state index contributed by atoms with van der Waals surface area (Å²) in [7, 11) is 0. The molecule has 0 unspecified atom stereocenters. The van der Waals surface area contributed by atoms with Crippen LogP contribution in [0, 0.1) is 0 Å². The molecule has 1 aliphatic carbocycles. The van der Waals surface area contributed by atoms with Crippen LogP contribution in [-0.4, -0.2) is 0 Å². The number of hydrogen-bond acceptors (Lipinski definition) is 1. The van der Waals surface area contributed by atoms with Crippen molar-refractivity contribution in [2.45, 2.75) is 19.8 Å². The highest BCUT2D eigenvalue weighted by Crippen LogP contribution is 2.33. The van der Waals surface area contributed by atoms with Gasteiger partial charge in [0, 0.05) is 17.1 Å². The van der Waals surface area contributed by atoms with Crippen LogP contribution in [-0.2, 0) is 0 Å². The van der Waals surface area contributed by atoms with Gasteiger partial charge in [0.15, 0.2) is 0 Å². The van der Waals surface area contributed by atoms with Crippen LogP contribution in [0.15, 0.2) is 84.1 Å². The van der Waals surface area contributed by atoms with Crippen molar-refractivity contribution >= 4 is 11.4 Å². The van der Waals surface area contributed by atoms with Crippen molar-refractivity contribution in [3.63, 3.8) is 0 Å². The van der Waals surface area contributed by atoms with Crippen LogP contribution in [0.4, 0.5) is 11.4 Å². The van der Waals surface area contributed by atoms with E-state index in [-0.39, 0.29) is 0 Å². The molecule has 0 saturated carbocycles. The maximum absolute atomic E-state index is 2.35.